The smallest absolute Gasteiger partial charge is 0.149 e. The van der Waals surface area contributed by atoms with Crippen molar-refractivity contribution in [3.63, 3.8) is 0 Å². The number of halogens is 1. The zero-order valence-electron chi connectivity index (χ0n) is 12.4. The van der Waals surface area contributed by atoms with Crippen LogP contribution in [-0.2, 0) is 6.42 Å². The molecule has 1 saturated carbocycles. The van der Waals surface area contributed by atoms with Gasteiger partial charge in [-0.05, 0) is 61.8 Å². The van der Waals surface area contributed by atoms with Crippen LogP contribution in [0.3, 0.4) is 0 Å². The van der Waals surface area contributed by atoms with E-state index in [1.165, 1.54) is 43.7 Å². The van der Waals surface area contributed by atoms with E-state index < -0.39 is 0 Å². The fourth-order valence-electron chi connectivity index (χ4n) is 3.53. The van der Waals surface area contributed by atoms with Crippen LogP contribution in [0.5, 0.6) is 0 Å². The molecule has 0 bridgehead atoms. The van der Waals surface area contributed by atoms with E-state index in [4.69, 9.17) is 5.73 Å². The van der Waals surface area contributed by atoms with Crippen molar-refractivity contribution < 1.29 is 4.39 Å². The molecular weight excluding hydrogens is 263 g/mol. The minimum Gasteiger partial charge on any atom is -0.330 e. The first-order chi connectivity index (χ1) is 10.3. The van der Waals surface area contributed by atoms with E-state index in [-0.39, 0.29) is 5.82 Å². The van der Waals surface area contributed by atoms with Crippen LogP contribution < -0.4 is 5.73 Å². The summed E-state index contributed by atoms with van der Waals surface area (Å²) >= 11 is 0. The number of para-hydroxylation sites is 1. The second-order valence-electron chi connectivity index (χ2n) is 6.27. The number of benzene rings is 1. The van der Waals surface area contributed by atoms with Crippen LogP contribution in [0.25, 0.3) is 10.9 Å². The normalized spacial score (nSPS) is 22.6. The lowest BCUT2D eigenvalue weighted by molar-refractivity contribution is 0.268. The maximum absolute atomic E-state index is 13.8. The Bertz CT molecular complexity index is 603. The largest absolute Gasteiger partial charge is 0.330 e. The van der Waals surface area contributed by atoms with Gasteiger partial charge in [-0.2, -0.15) is 0 Å². The van der Waals surface area contributed by atoms with Gasteiger partial charge in [-0.15, -0.1) is 0 Å². The Morgan fingerprint density at radius 2 is 1.86 bits per heavy atom. The second-order valence-corrected chi connectivity index (χ2v) is 6.27. The minimum atomic E-state index is -0.224. The van der Waals surface area contributed by atoms with Gasteiger partial charge in [0, 0.05) is 11.6 Å². The number of aromatic nitrogens is 1. The maximum atomic E-state index is 13.8. The summed E-state index contributed by atoms with van der Waals surface area (Å²) in [4.78, 5) is 4.17. The molecule has 1 heterocycles. The SMILES string of the molecule is NC[C@H]1CC[C@H](CCc2ccnc3c(F)cccc23)CC1. The zero-order chi connectivity index (χ0) is 14.7. The third-order valence-corrected chi connectivity index (χ3v) is 4.93. The number of fused-ring (bicyclic) bond motifs is 1. The molecule has 21 heavy (non-hydrogen) atoms. The highest BCUT2D eigenvalue weighted by Crippen LogP contribution is 2.31. The molecule has 112 valence electrons. The third-order valence-electron chi connectivity index (χ3n) is 4.93. The zero-order valence-corrected chi connectivity index (χ0v) is 12.4. The molecule has 2 nitrogen and oxygen atoms in total. The Labute approximate surface area is 125 Å². The van der Waals surface area contributed by atoms with Crippen LogP contribution in [0, 0.1) is 17.7 Å². The van der Waals surface area contributed by atoms with Crippen molar-refractivity contribution >= 4 is 10.9 Å². The number of aryl methyl sites for hydroxylation is 1. The quantitative estimate of drug-likeness (QED) is 0.920. The van der Waals surface area contributed by atoms with Gasteiger partial charge in [0.25, 0.3) is 0 Å². The highest BCUT2D eigenvalue weighted by Gasteiger charge is 2.20. The molecule has 0 saturated heterocycles. The van der Waals surface area contributed by atoms with Gasteiger partial charge in [0.1, 0.15) is 11.3 Å². The molecule has 1 aromatic carbocycles. The van der Waals surface area contributed by atoms with Crippen LogP contribution in [-0.4, -0.2) is 11.5 Å². The van der Waals surface area contributed by atoms with Crippen molar-refractivity contribution in [3.05, 3.63) is 41.8 Å². The first kappa shape index (κ1) is 14.5. The van der Waals surface area contributed by atoms with Crippen molar-refractivity contribution in [1.82, 2.24) is 4.98 Å². The van der Waals surface area contributed by atoms with E-state index in [0.717, 1.165) is 30.2 Å². The molecular formula is C18H23FN2. The summed E-state index contributed by atoms with van der Waals surface area (Å²) < 4.78 is 13.8. The lowest BCUT2D eigenvalue weighted by atomic mass is 9.79. The van der Waals surface area contributed by atoms with Gasteiger partial charge < -0.3 is 5.73 Å². The molecule has 2 N–H and O–H groups in total. The molecule has 3 rings (SSSR count). The first-order valence-electron chi connectivity index (χ1n) is 8.00. The number of hydrogen-bond acceptors (Lipinski definition) is 2. The topological polar surface area (TPSA) is 38.9 Å². The summed E-state index contributed by atoms with van der Waals surface area (Å²) in [6, 6.07) is 7.27. The fraction of sp³-hybridized carbons (Fsp3) is 0.500. The van der Waals surface area contributed by atoms with Gasteiger partial charge in [-0.25, -0.2) is 4.39 Å². The van der Waals surface area contributed by atoms with Crippen LogP contribution in [0.1, 0.15) is 37.7 Å². The fourth-order valence-corrected chi connectivity index (χ4v) is 3.53. The number of rotatable bonds is 4. The standard InChI is InChI=1S/C18H23FN2/c19-17-3-1-2-16-15(10-11-21-18(16)17)9-8-13-4-6-14(12-20)7-5-13/h1-3,10-11,13-14H,4-9,12,20H2/t13-,14-. The van der Waals surface area contributed by atoms with Crippen LogP contribution in [0.4, 0.5) is 4.39 Å². The van der Waals surface area contributed by atoms with Gasteiger partial charge in [0.15, 0.2) is 0 Å². The third kappa shape index (κ3) is 3.24. The Kier molecular flexibility index (Phi) is 4.49. The van der Waals surface area contributed by atoms with Crippen LogP contribution in [0.2, 0.25) is 0 Å². The number of pyridine rings is 1. The molecule has 0 unspecified atom stereocenters. The molecule has 3 heteroatoms. The molecule has 0 amide bonds. The van der Waals surface area contributed by atoms with Crippen molar-refractivity contribution in [3.8, 4) is 0 Å². The Morgan fingerprint density at radius 3 is 2.62 bits per heavy atom. The number of hydrogen-bond donors (Lipinski definition) is 1. The van der Waals surface area contributed by atoms with Gasteiger partial charge in [0.05, 0.1) is 0 Å². The van der Waals surface area contributed by atoms with Crippen molar-refractivity contribution in [1.29, 1.82) is 0 Å². The van der Waals surface area contributed by atoms with Crippen molar-refractivity contribution in [2.75, 3.05) is 6.54 Å². The van der Waals surface area contributed by atoms with Crippen molar-refractivity contribution in [2.45, 2.75) is 38.5 Å². The Balaban J connectivity index is 1.67. The van der Waals surface area contributed by atoms with E-state index >= 15 is 0 Å². The predicted molar refractivity (Wildman–Crippen MR) is 84.5 cm³/mol. The molecule has 1 aliphatic rings. The highest BCUT2D eigenvalue weighted by atomic mass is 19.1. The summed E-state index contributed by atoms with van der Waals surface area (Å²) in [5.74, 6) is 1.31. The number of nitrogens with two attached hydrogens (primary N) is 1. The number of nitrogens with zero attached hydrogens (tertiary/aromatic N) is 1. The maximum Gasteiger partial charge on any atom is 0.149 e. The van der Waals surface area contributed by atoms with E-state index in [0.29, 0.717) is 5.52 Å². The lowest BCUT2D eigenvalue weighted by Crippen LogP contribution is -2.21. The van der Waals surface area contributed by atoms with E-state index in [1.807, 2.05) is 12.1 Å². The highest BCUT2D eigenvalue weighted by molar-refractivity contribution is 5.82. The Hall–Kier alpha value is -1.48. The van der Waals surface area contributed by atoms with Crippen LogP contribution >= 0.6 is 0 Å². The average Bonchev–Trinajstić information content (AvgIpc) is 2.54. The predicted octanol–water partition coefficient (Wildman–Crippen LogP) is 4.07. The summed E-state index contributed by atoms with van der Waals surface area (Å²) in [6.45, 7) is 0.834. The molecule has 2 aromatic rings. The summed E-state index contributed by atoms with van der Waals surface area (Å²) in [5.41, 5.74) is 7.47. The molecule has 0 atom stereocenters. The lowest BCUT2D eigenvalue weighted by Gasteiger charge is -2.27. The molecule has 1 aliphatic carbocycles. The van der Waals surface area contributed by atoms with Gasteiger partial charge in [-0.3, -0.25) is 4.98 Å². The van der Waals surface area contributed by atoms with E-state index in [1.54, 1.807) is 12.3 Å². The summed E-state index contributed by atoms with van der Waals surface area (Å²) in [6.07, 6.45) is 9.05. The van der Waals surface area contributed by atoms with Crippen LogP contribution in [0.15, 0.2) is 30.5 Å². The summed E-state index contributed by atoms with van der Waals surface area (Å²) in [7, 11) is 0. The molecule has 0 aliphatic heterocycles. The Morgan fingerprint density at radius 1 is 1.10 bits per heavy atom. The molecule has 0 spiro atoms. The molecule has 0 radical (unpaired) electrons. The average molecular weight is 286 g/mol. The van der Waals surface area contributed by atoms with Gasteiger partial charge >= 0.3 is 0 Å². The second kappa shape index (κ2) is 6.52. The monoisotopic (exact) mass is 286 g/mol. The molecule has 1 fully saturated rings. The molecule has 1 aromatic heterocycles. The van der Waals surface area contributed by atoms with Gasteiger partial charge in [-0.1, -0.05) is 25.0 Å². The minimum absolute atomic E-state index is 0.224. The van der Waals surface area contributed by atoms with Crippen molar-refractivity contribution in [2.24, 2.45) is 17.6 Å². The summed E-state index contributed by atoms with van der Waals surface area (Å²) in [5, 5.41) is 0.966. The van der Waals surface area contributed by atoms with E-state index in [9.17, 15) is 4.39 Å². The first-order valence-corrected chi connectivity index (χ1v) is 8.00. The van der Waals surface area contributed by atoms with Gasteiger partial charge in [0.2, 0.25) is 0 Å². The van der Waals surface area contributed by atoms with E-state index in [2.05, 4.69) is 4.98 Å².